The number of hydrogen-bond acceptors (Lipinski definition) is 8. The Balaban J connectivity index is 0.950. The second kappa shape index (κ2) is 17.0. The van der Waals surface area contributed by atoms with Crippen LogP contribution >= 0.6 is 0 Å². The molecule has 8 rings (SSSR count). The van der Waals surface area contributed by atoms with Crippen LogP contribution in [-0.4, -0.2) is 84.4 Å². The summed E-state index contributed by atoms with van der Waals surface area (Å²) in [4.78, 5) is 65.7. The highest BCUT2D eigenvalue weighted by Gasteiger charge is 2.44. The van der Waals surface area contributed by atoms with Crippen molar-refractivity contribution in [3.05, 3.63) is 71.1 Å². The van der Waals surface area contributed by atoms with Gasteiger partial charge in [-0.05, 0) is 113 Å². The quantitative estimate of drug-likeness (QED) is 0.188. The predicted molar refractivity (Wildman–Crippen MR) is 230 cm³/mol. The van der Waals surface area contributed by atoms with Crippen LogP contribution in [0, 0.1) is 29.6 Å². The van der Waals surface area contributed by atoms with E-state index in [1.807, 2.05) is 49.9 Å². The van der Waals surface area contributed by atoms with E-state index in [1.54, 1.807) is 0 Å². The number of hydrogen-bond donors (Lipinski definition) is 0. The van der Waals surface area contributed by atoms with E-state index in [-0.39, 0.29) is 60.5 Å². The van der Waals surface area contributed by atoms with Gasteiger partial charge in [0.15, 0.2) is 0 Å². The third kappa shape index (κ3) is 7.84. The molecule has 2 aromatic rings. The summed E-state index contributed by atoms with van der Waals surface area (Å²) in [7, 11) is 2.75. The van der Waals surface area contributed by atoms with Gasteiger partial charge in [-0.3, -0.25) is 29.2 Å². The van der Waals surface area contributed by atoms with Crippen LogP contribution in [0.1, 0.15) is 120 Å². The standard InChI is InChI=1S/C49H60N4O6/c1-28(2)38(24-45(54)58-5)48(56)52-19-7-9-43(52)41-22-33(26-50-41)30-11-13-31(14-12-30)36-18-17-35(40-21-32-15-16-37(32)47(36)40)34-23-42(51-27-34)44-10-8-20-53(44)49(57)39(29(3)4)25-46(55)59-6/h11-14,17-18,26-29,32,37-39,43-44H,7-10,15-16,19-25H2,1-6H3. The summed E-state index contributed by atoms with van der Waals surface area (Å²) in [5.41, 5.74) is 12.5. The Bertz CT molecular complexity index is 2130. The minimum atomic E-state index is -0.402. The lowest BCUT2D eigenvalue weighted by Gasteiger charge is -2.31. The maximum Gasteiger partial charge on any atom is 0.306 e. The molecule has 0 bridgehead atoms. The van der Waals surface area contributed by atoms with Crippen LogP contribution in [0.3, 0.4) is 0 Å². The van der Waals surface area contributed by atoms with Gasteiger partial charge in [0, 0.05) is 49.8 Å². The third-order valence-corrected chi connectivity index (χ3v) is 14.4. The monoisotopic (exact) mass is 800 g/mol. The topological polar surface area (TPSA) is 118 Å². The molecule has 4 aliphatic heterocycles. The molecule has 10 heteroatoms. The van der Waals surface area contributed by atoms with Crippen molar-refractivity contribution in [1.82, 2.24) is 9.80 Å². The van der Waals surface area contributed by atoms with Crippen LogP contribution in [0.5, 0.6) is 0 Å². The molecule has 0 spiro atoms. The number of benzene rings is 2. The molecule has 2 aliphatic carbocycles. The van der Waals surface area contributed by atoms with Crippen molar-refractivity contribution in [3.63, 3.8) is 0 Å². The zero-order valence-corrected chi connectivity index (χ0v) is 35.7. The minimum absolute atomic E-state index is 0.0265. The number of amides is 2. The average Bonchev–Trinajstić information content (AvgIpc) is 4.08. The Morgan fingerprint density at radius 3 is 1.68 bits per heavy atom. The van der Waals surface area contributed by atoms with Crippen molar-refractivity contribution in [2.75, 3.05) is 27.3 Å². The predicted octanol–water partition coefficient (Wildman–Crippen LogP) is 8.43. The Labute approximate surface area is 349 Å². The summed E-state index contributed by atoms with van der Waals surface area (Å²) >= 11 is 0. The van der Waals surface area contributed by atoms with E-state index in [2.05, 4.69) is 36.4 Å². The number of rotatable bonds is 13. The highest BCUT2D eigenvalue weighted by atomic mass is 16.5. The second-order valence-corrected chi connectivity index (χ2v) is 18.3. The second-order valence-electron chi connectivity index (χ2n) is 18.3. The molecule has 6 atom stereocenters. The molecule has 0 radical (unpaired) electrons. The van der Waals surface area contributed by atoms with Gasteiger partial charge in [0.05, 0.1) is 51.0 Å². The number of ether oxygens (including phenoxy) is 2. The third-order valence-electron chi connectivity index (χ3n) is 14.4. The molecule has 2 aromatic carbocycles. The van der Waals surface area contributed by atoms with E-state index in [0.29, 0.717) is 31.3 Å². The van der Waals surface area contributed by atoms with E-state index >= 15 is 0 Å². The number of carbonyl (C=O) groups excluding carboxylic acids is 4. The van der Waals surface area contributed by atoms with Gasteiger partial charge < -0.3 is 19.3 Å². The van der Waals surface area contributed by atoms with Crippen molar-refractivity contribution < 1.29 is 28.7 Å². The van der Waals surface area contributed by atoms with Gasteiger partial charge >= 0.3 is 11.9 Å². The molecule has 3 fully saturated rings. The minimum Gasteiger partial charge on any atom is -0.469 e. The SMILES string of the molecule is COC(=O)CC(C(=O)N1CCCC1C1=NC=C(c2ccc(-c3ccc(C4=CN=C(C5CCCN5C(=O)C(CC(=O)OC)C(C)C)C4)c4c3C3CCC3C4)cc2)C1)C(C)C. The number of fused-ring (bicyclic) bond motifs is 3. The molecule has 0 aromatic heterocycles. The number of allylic oxidation sites excluding steroid dienone is 2. The highest BCUT2D eigenvalue weighted by Crippen LogP contribution is 2.56. The summed E-state index contributed by atoms with van der Waals surface area (Å²) in [6.45, 7) is 9.37. The lowest BCUT2D eigenvalue weighted by Crippen LogP contribution is -2.45. The molecule has 4 heterocycles. The van der Waals surface area contributed by atoms with Crippen LogP contribution in [0.25, 0.3) is 22.3 Å². The zero-order chi connectivity index (χ0) is 41.5. The van der Waals surface area contributed by atoms with E-state index in [1.165, 1.54) is 60.5 Å². The molecule has 0 N–H and O–H groups in total. The van der Waals surface area contributed by atoms with Crippen molar-refractivity contribution in [1.29, 1.82) is 0 Å². The van der Waals surface area contributed by atoms with E-state index in [0.717, 1.165) is 61.1 Å². The number of esters is 2. The Morgan fingerprint density at radius 2 is 1.17 bits per heavy atom. The Kier molecular flexibility index (Phi) is 11.8. The van der Waals surface area contributed by atoms with Gasteiger partial charge in [0.1, 0.15) is 0 Å². The molecule has 2 amide bonds. The van der Waals surface area contributed by atoms with Gasteiger partial charge in [-0.1, -0.05) is 64.1 Å². The number of methoxy groups -OCH3 is 2. The number of aliphatic imine (C=N–C) groups is 2. The maximum absolute atomic E-state index is 13.8. The van der Waals surface area contributed by atoms with Crippen LogP contribution in [-0.2, 0) is 35.1 Å². The molecular formula is C49H60N4O6. The molecule has 312 valence electrons. The van der Waals surface area contributed by atoms with Gasteiger partial charge in [-0.15, -0.1) is 0 Å². The van der Waals surface area contributed by atoms with E-state index in [4.69, 9.17) is 19.5 Å². The summed E-state index contributed by atoms with van der Waals surface area (Å²) in [6.07, 6.45) is 12.9. The van der Waals surface area contributed by atoms with Gasteiger partial charge in [-0.2, -0.15) is 0 Å². The fraction of sp³-hybridized carbons (Fsp3) is 0.551. The summed E-state index contributed by atoms with van der Waals surface area (Å²) in [5, 5.41) is 0. The average molecular weight is 801 g/mol. The van der Waals surface area contributed by atoms with Gasteiger partial charge in [0.2, 0.25) is 11.8 Å². The first-order valence-electron chi connectivity index (χ1n) is 22.0. The fourth-order valence-electron chi connectivity index (χ4n) is 10.7. The van der Waals surface area contributed by atoms with Crippen molar-refractivity contribution in [2.24, 2.45) is 39.6 Å². The fourth-order valence-corrected chi connectivity index (χ4v) is 10.7. The van der Waals surface area contributed by atoms with Gasteiger partial charge in [-0.25, -0.2) is 0 Å². The summed E-state index contributed by atoms with van der Waals surface area (Å²) in [6, 6.07) is 13.5. The molecule has 10 nitrogen and oxygen atoms in total. The van der Waals surface area contributed by atoms with Crippen LogP contribution < -0.4 is 0 Å². The Morgan fingerprint density at radius 1 is 0.661 bits per heavy atom. The smallest absolute Gasteiger partial charge is 0.306 e. The van der Waals surface area contributed by atoms with Crippen molar-refractivity contribution in [2.45, 2.75) is 116 Å². The summed E-state index contributed by atoms with van der Waals surface area (Å²) in [5.74, 6) is -0.0880. The maximum atomic E-state index is 13.8. The molecule has 1 saturated carbocycles. The van der Waals surface area contributed by atoms with E-state index in [9.17, 15) is 19.2 Å². The first kappa shape index (κ1) is 40.9. The highest BCUT2D eigenvalue weighted by molar-refractivity contribution is 6.05. The zero-order valence-electron chi connectivity index (χ0n) is 35.7. The summed E-state index contributed by atoms with van der Waals surface area (Å²) < 4.78 is 9.85. The van der Waals surface area contributed by atoms with Crippen molar-refractivity contribution in [3.8, 4) is 11.1 Å². The number of nitrogens with zero attached hydrogens (tertiary/aromatic N) is 4. The first-order valence-corrected chi connectivity index (χ1v) is 22.0. The van der Waals surface area contributed by atoms with Crippen LogP contribution in [0.4, 0.5) is 0 Å². The molecule has 6 aliphatic rings. The Hall–Kier alpha value is -4.86. The van der Waals surface area contributed by atoms with Crippen LogP contribution in [0.15, 0.2) is 58.8 Å². The largest absolute Gasteiger partial charge is 0.469 e. The number of carbonyl (C=O) groups is 4. The van der Waals surface area contributed by atoms with Crippen LogP contribution in [0.2, 0.25) is 0 Å². The van der Waals surface area contributed by atoms with Gasteiger partial charge in [0.25, 0.3) is 0 Å². The first-order chi connectivity index (χ1) is 28.5. The van der Waals surface area contributed by atoms with Crippen molar-refractivity contribution >= 4 is 46.3 Å². The lowest BCUT2D eigenvalue weighted by atomic mass is 9.73. The number of likely N-dealkylation sites (tertiary alicyclic amines) is 2. The molecule has 2 saturated heterocycles. The lowest BCUT2D eigenvalue weighted by molar-refractivity contribution is -0.148. The normalized spacial score (nSPS) is 24.3. The van der Waals surface area contributed by atoms with E-state index < -0.39 is 11.8 Å². The molecule has 6 unspecified atom stereocenters. The molecule has 59 heavy (non-hydrogen) atoms. The molecular weight excluding hydrogens is 741 g/mol.